The minimum Gasteiger partial charge on any atom is -0.494 e. The minimum atomic E-state index is -0.337. The van der Waals surface area contributed by atoms with Crippen molar-refractivity contribution in [3.05, 3.63) is 29.8 Å². The lowest BCUT2D eigenvalue weighted by atomic mass is 10.1. The van der Waals surface area contributed by atoms with Crippen LogP contribution in [0.25, 0.3) is 0 Å². The fraction of sp³-hybridized carbons (Fsp3) is 0.562. The summed E-state index contributed by atoms with van der Waals surface area (Å²) in [5.41, 5.74) is 0.927. The van der Waals surface area contributed by atoms with Gasteiger partial charge in [-0.15, -0.1) is 0 Å². The van der Waals surface area contributed by atoms with E-state index in [4.69, 9.17) is 14.2 Å². The number of ether oxygens (including phenoxy) is 3. The third-order valence-electron chi connectivity index (χ3n) is 3.14. The standard InChI is InChI=1S/C16H24N2O3/c1-4-21-15-7-5-6-14(12-15)16(13-17)18(8-10-19-2)9-11-20-3/h5-7,12,16H,4,8-11H2,1-3H3. The van der Waals surface area contributed by atoms with Gasteiger partial charge in [-0.2, -0.15) is 5.26 Å². The summed E-state index contributed by atoms with van der Waals surface area (Å²) in [5.74, 6) is 0.786. The molecule has 1 aromatic carbocycles. The van der Waals surface area contributed by atoms with Gasteiger partial charge < -0.3 is 14.2 Å². The summed E-state index contributed by atoms with van der Waals surface area (Å²) in [6.45, 7) is 5.06. The van der Waals surface area contributed by atoms with Crippen molar-refractivity contribution >= 4 is 0 Å². The van der Waals surface area contributed by atoms with E-state index in [-0.39, 0.29) is 6.04 Å². The van der Waals surface area contributed by atoms with Crippen LogP contribution in [0.3, 0.4) is 0 Å². The van der Waals surface area contributed by atoms with Crippen molar-refractivity contribution in [3.63, 3.8) is 0 Å². The quantitative estimate of drug-likeness (QED) is 0.662. The Labute approximate surface area is 127 Å². The summed E-state index contributed by atoms with van der Waals surface area (Å²) in [4.78, 5) is 2.05. The molecule has 0 aliphatic rings. The van der Waals surface area contributed by atoms with Gasteiger partial charge in [-0.1, -0.05) is 12.1 Å². The molecule has 0 saturated heterocycles. The van der Waals surface area contributed by atoms with E-state index >= 15 is 0 Å². The molecule has 1 atom stereocenters. The number of nitriles is 1. The molecule has 116 valence electrons. The summed E-state index contributed by atoms with van der Waals surface area (Å²) < 4.78 is 15.8. The van der Waals surface area contributed by atoms with Crippen LogP contribution in [0.2, 0.25) is 0 Å². The first-order valence-electron chi connectivity index (χ1n) is 7.11. The normalized spacial score (nSPS) is 12.1. The van der Waals surface area contributed by atoms with Gasteiger partial charge in [0, 0.05) is 27.3 Å². The number of rotatable bonds is 10. The van der Waals surface area contributed by atoms with Crippen molar-refractivity contribution in [2.45, 2.75) is 13.0 Å². The number of hydrogen-bond donors (Lipinski definition) is 0. The molecular weight excluding hydrogens is 268 g/mol. The fourth-order valence-corrected chi connectivity index (χ4v) is 2.10. The third kappa shape index (κ3) is 5.72. The van der Waals surface area contributed by atoms with Crippen molar-refractivity contribution in [2.75, 3.05) is 47.1 Å². The van der Waals surface area contributed by atoms with Gasteiger partial charge in [0.15, 0.2) is 0 Å². The van der Waals surface area contributed by atoms with Crippen LogP contribution >= 0.6 is 0 Å². The average molecular weight is 292 g/mol. The molecule has 0 fully saturated rings. The molecule has 0 aliphatic carbocycles. The Balaban J connectivity index is 2.90. The summed E-state index contributed by atoms with van der Waals surface area (Å²) in [5, 5.41) is 9.56. The summed E-state index contributed by atoms with van der Waals surface area (Å²) >= 11 is 0. The second-order valence-corrected chi connectivity index (χ2v) is 4.56. The second-order valence-electron chi connectivity index (χ2n) is 4.56. The molecule has 0 amide bonds. The van der Waals surface area contributed by atoms with Crippen molar-refractivity contribution in [1.82, 2.24) is 4.90 Å². The van der Waals surface area contributed by atoms with Crippen LogP contribution in [-0.2, 0) is 9.47 Å². The lowest BCUT2D eigenvalue weighted by Crippen LogP contribution is -2.34. The fourth-order valence-electron chi connectivity index (χ4n) is 2.10. The molecule has 1 unspecified atom stereocenters. The summed E-state index contributed by atoms with van der Waals surface area (Å²) in [6, 6.07) is 9.71. The maximum Gasteiger partial charge on any atom is 0.124 e. The molecule has 0 saturated carbocycles. The number of hydrogen-bond acceptors (Lipinski definition) is 5. The highest BCUT2D eigenvalue weighted by Crippen LogP contribution is 2.23. The van der Waals surface area contributed by atoms with Gasteiger partial charge in [0.1, 0.15) is 11.8 Å². The van der Waals surface area contributed by atoms with Gasteiger partial charge in [0.25, 0.3) is 0 Å². The Kier molecular flexibility index (Phi) is 8.44. The van der Waals surface area contributed by atoms with Gasteiger partial charge in [0.2, 0.25) is 0 Å². The van der Waals surface area contributed by atoms with E-state index in [0.29, 0.717) is 32.9 Å². The van der Waals surface area contributed by atoms with Crippen LogP contribution in [0.5, 0.6) is 5.75 Å². The van der Waals surface area contributed by atoms with Gasteiger partial charge in [-0.25, -0.2) is 0 Å². The maximum absolute atomic E-state index is 9.56. The molecule has 1 rings (SSSR count). The van der Waals surface area contributed by atoms with Crippen LogP contribution in [0.1, 0.15) is 18.5 Å². The number of methoxy groups -OCH3 is 2. The zero-order valence-electron chi connectivity index (χ0n) is 13.0. The molecule has 0 aromatic heterocycles. The lowest BCUT2D eigenvalue weighted by molar-refractivity contribution is 0.101. The van der Waals surface area contributed by atoms with Crippen LogP contribution in [0.15, 0.2) is 24.3 Å². The molecular formula is C16H24N2O3. The minimum absolute atomic E-state index is 0.337. The Bertz CT molecular complexity index is 437. The molecule has 0 heterocycles. The first-order chi connectivity index (χ1) is 10.3. The molecule has 0 aliphatic heterocycles. The SMILES string of the molecule is CCOc1cccc(C(C#N)N(CCOC)CCOC)c1. The van der Waals surface area contributed by atoms with E-state index in [9.17, 15) is 5.26 Å². The first-order valence-corrected chi connectivity index (χ1v) is 7.11. The van der Waals surface area contributed by atoms with E-state index in [2.05, 4.69) is 11.0 Å². The van der Waals surface area contributed by atoms with Crippen LogP contribution in [0.4, 0.5) is 0 Å². The Morgan fingerprint density at radius 3 is 2.38 bits per heavy atom. The Morgan fingerprint density at radius 1 is 1.19 bits per heavy atom. The van der Waals surface area contributed by atoms with Crippen molar-refractivity contribution in [1.29, 1.82) is 5.26 Å². The van der Waals surface area contributed by atoms with Gasteiger partial charge in [-0.05, 0) is 24.6 Å². The highest BCUT2D eigenvalue weighted by molar-refractivity contribution is 5.33. The van der Waals surface area contributed by atoms with E-state index < -0.39 is 0 Å². The van der Waals surface area contributed by atoms with E-state index in [1.165, 1.54) is 0 Å². The second kappa shape index (κ2) is 10.2. The average Bonchev–Trinajstić information content (AvgIpc) is 2.51. The monoisotopic (exact) mass is 292 g/mol. The zero-order chi connectivity index (χ0) is 15.5. The topological polar surface area (TPSA) is 54.7 Å². The Hall–Kier alpha value is -1.61. The predicted octanol–water partition coefficient (Wildman–Crippen LogP) is 2.24. The molecule has 5 nitrogen and oxygen atoms in total. The third-order valence-corrected chi connectivity index (χ3v) is 3.14. The molecule has 0 spiro atoms. The van der Waals surface area contributed by atoms with Gasteiger partial charge in [0.05, 0.1) is 25.9 Å². The number of nitrogens with zero attached hydrogens (tertiary/aromatic N) is 2. The first kappa shape index (κ1) is 17.4. The largest absolute Gasteiger partial charge is 0.494 e. The highest BCUT2D eigenvalue weighted by Gasteiger charge is 2.20. The van der Waals surface area contributed by atoms with Gasteiger partial charge in [-0.3, -0.25) is 4.90 Å². The van der Waals surface area contributed by atoms with E-state index in [1.807, 2.05) is 31.2 Å². The van der Waals surface area contributed by atoms with Crippen LogP contribution in [-0.4, -0.2) is 52.0 Å². The van der Waals surface area contributed by atoms with Crippen molar-refractivity contribution in [3.8, 4) is 11.8 Å². The Morgan fingerprint density at radius 2 is 1.86 bits per heavy atom. The molecule has 1 aromatic rings. The number of benzene rings is 1. The van der Waals surface area contributed by atoms with E-state index in [0.717, 1.165) is 11.3 Å². The lowest BCUT2D eigenvalue weighted by Gasteiger charge is -2.27. The molecule has 0 N–H and O–H groups in total. The molecule has 5 heteroatoms. The van der Waals surface area contributed by atoms with Crippen molar-refractivity contribution < 1.29 is 14.2 Å². The molecule has 0 radical (unpaired) electrons. The zero-order valence-corrected chi connectivity index (χ0v) is 13.0. The smallest absolute Gasteiger partial charge is 0.124 e. The maximum atomic E-state index is 9.56. The highest BCUT2D eigenvalue weighted by atomic mass is 16.5. The summed E-state index contributed by atoms with van der Waals surface area (Å²) in [7, 11) is 3.32. The predicted molar refractivity (Wildman–Crippen MR) is 81.3 cm³/mol. The van der Waals surface area contributed by atoms with Gasteiger partial charge >= 0.3 is 0 Å². The van der Waals surface area contributed by atoms with E-state index in [1.54, 1.807) is 14.2 Å². The van der Waals surface area contributed by atoms with Crippen LogP contribution in [0, 0.1) is 11.3 Å². The van der Waals surface area contributed by atoms with Crippen LogP contribution < -0.4 is 4.74 Å². The summed E-state index contributed by atoms with van der Waals surface area (Å²) in [6.07, 6.45) is 0. The molecule has 21 heavy (non-hydrogen) atoms. The molecule has 0 bridgehead atoms. The van der Waals surface area contributed by atoms with Crippen molar-refractivity contribution in [2.24, 2.45) is 0 Å².